The molecule has 0 saturated carbocycles. The monoisotopic (exact) mass is 283 g/mol. The van der Waals surface area contributed by atoms with E-state index in [9.17, 15) is 0 Å². The molecule has 2 rings (SSSR count). The van der Waals surface area contributed by atoms with Crippen molar-refractivity contribution < 1.29 is 4.42 Å². The van der Waals surface area contributed by atoms with E-state index < -0.39 is 0 Å². The molecule has 0 amide bonds. The van der Waals surface area contributed by atoms with Crippen molar-refractivity contribution in [2.75, 3.05) is 7.05 Å². The highest BCUT2D eigenvalue weighted by molar-refractivity contribution is 9.10. The molecule has 2 aromatic rings. The van der Waals surface area contributed by atoms with Crippen molar-refractivity contribution in [3.8, 4) is 0 Å². The molecule has 5 heteroatoms. The van der Waals surface area contributed by atoms with E-state index in [0.717, 1.165) is 16.9 Å². The van der Waals surface area contributed by atoms with Gasteiger partial charge in [-0.3, -0.25) is 4.68 Å². The molecule has 0 radical (unpaired) electrons. The van der Waals surface area contributed by atoms with Crippen molar-refractivity contribution in [2.24, 2.45) is 7.05 Å². The van der Waals surface area contributed by atoms with Crippen LogP contribution in [0.25, 0.3) is 0 Å². The van der Waals surface area contributed by atoms with Crippen molar-refractivity contribution in [3.63, 3.8) is 0 Å². The van der Waals surface area contributed by atoms with Gasteiger partial charge in [0.1, 0.15) is 5.76 Å². The van der Waals surface area contributed by atoms with Crippen molar-refractivity contribution in [1.82, 2.24) is 15.1 Å². The minimum atomic E-state index is 0.176. The second-order valence-electron chi connectivity index (χ2n) is 3.71. The SMILES string of the molecule is CNC(Cc1cnn(C)c1)c1ccc(Br)o1. The molecule has 0 spiro atoms. The summed E-state index contributed by atoms with van der Waals surface area (Å²) in [6.07, 6.45) is 4.76. The molecule has 2 heterocycles. The normalized spacial score (nSPS) is 12.9. The molecule has 0 saturated heterocycles. The highest BCUT2D eigenvalue weighted by Crippen LogP contribution is 2.22. The molecule has 0 aromatic carbocycles. The van der Waals surface area contributed by atoms with E-state index >= 15 is 0 Å². The Labute approximate surface area is 103 Å². The first-order valence-corrected chi connectivity index (χ1v) is 5.88. The molecule has 16 heavy (non-hydrogen) atoms. The Morgan fingerprint density at radius 3 is 2.88 bits per heavy atom. The van der Waals surface area contributed by atoms with Gasteiger partial charge in [-0.1, -0.05) is 0 Å². The first-order valence-electron chi connectivity index (χ1n) is 5.09. The minimum absolute atomic E-state index is 0.176. The van der Waals surface area contributed by atoms with Crippen molar-refractivity contribution in [1.29, 1.82) is 0 Å². The van der Waals surface area contributed by atoms with E-state index in [2.05, 4.69) is 26.3 Å². The molecule has 0 bridgehead atoms. The highest BCUT2D eigenvalue weighted by Gasteiger charge is 2.14. The summed E-state index contributed by atoms with van der Waals surface area (Å²) >= 11 is 3.31. The Bertz CT molecular complexity index is 463. The molecule has 2 aromatic heterocycles. The quantitative estimate of drug-likeness (QED) is 0.936. The Morgan fingerprint density at radius 1 is 1.56 bits per heavy atom. The van der Waals surface area contributed by atoms with Crippen LogP contribution in [0.3, 0.4) is 0 Å². The number of nitrogens with one attached hydrogen (secondary N) is 1. The van der Waals surface area contributed by atoms with E-state index in [-0.39, 0.29) is 6.04 Å². The number of aryl methyl sites for hydroxylation is 1. The third-order valence-electron chi connectivity index (χ3n) is 2.48. The van der Waals surface area contributed by atoms with Gasteiger partial charge >= 0.3 is 0 Å². The van der Waals surface area contributed by atoms with Gasteiger partial charge < -0.3 is 9.73 Å². The fraction of sp³-hybridized carbons (Fsp3) is 0.364. The lowest BCUT2D eigenvalue weighted by molar-refractivity contribution is 0.416. The van der Waals surface area contributed by atoms with Crippen LogP contribution in [-0.2, 0) is 13.5 Å². The van der Waals surface area contributed by atoms with E-state index in [4.69, 9.17) is 4.42 Å². The van der Waals surface area contributed by atoms with Gasteiger partial charge in [0.25, 0.3) is 0 Å². The molecule has 1 unspecified atom stereocenters. The van der Waals surface area contributed by atoms with Crippen LogP contribution in [0.2, 0.25) is 0 Å². The van der Waals surface area contributed by atoms with Crippen LogP contribution in [0.4, 0.5) is 0 Å². The standard InChI is InChI=1S/C11H14BrN3O/c1-13-9(10-3-4-11(12)16-10)5-8-6-14-15(2)7-8/h3-4,6-7,9,13H,5H2,1-2H3. The Morgan fingerprint density at radius 2 is 2.38 bits per heavy atom. The summed E-state index contributed by atoms with van der Waals surface area (Å²) in [6, 6.07) is 4.06. The fourth-order valence-corrected chi connectivity index (χ4v) is 1.99. The number of furan rings is 1. The van der Waals surface area contributed by atoms with E-state index in [1.807, 2.05) is 38.6 Å². The largest absolute Gasteiger partial charge is 0.453 e. The van der Waals surface area contributed by atoms with Gasteiger partial charge in [-0.25, -0.2) is 0 Å². The van der Waals surface area contributed by atoms with Crippen LogP contribution in [0, 0.1) is 0 Å². The summed E-state index contributed by atoms with van der Waals surface area (Å²) < 4.78 is 8.11. The average molecular weight is 284 g/mol. The minimum Gasteiger partial charge on any atom is -0.453 e. The van der Waals surface area contributed by atoms with Gasteiger partial charge in [-0.2, -0.15) is 5.10 Å². The van der Waals surface area contributed by atoms with E-state index in [1.165, 1.54) is 5.56 Å². The predicted octanol–water partition coefficient (Wildman–Crippen LogP) is 2.28. The fourth-order valence-electron chi connectivity index (χ4n) is 1.67. The average Bonchev–Trinajstić information content (AvgIpc) is 2.84. The molecule has 4 nitrogen and oxygen atoms in total. The summed E-state index contributed by atoms with van der Waals surface area (Å²) in [6.45, 7) is 0. The van der Waals surface area contributed by atoms with Gasteiger partial charge in [0, 0.05) is 13.2 Å². The number of hydrogen-bond donors (Lipinski definition) is 1. The molecule has 86 valence electrons. The first-order chi connectivity index (χ1) is 7.69. The second kappa shape index (κ2) is 4.84. The van der Waals surface area contributed by atoms with Crippen LogP contribution >= 0.6 is 15.9 Å². The van der Waals surface area contributed by atoms with Crippen LogP contribution < -0.4 is 5.32 Å². The zero-order chi connectivity index (χ0) is 11.5. The zero-order valence-electron chi connectivity index (χ0n) is 9.27. The highest BCUT2D eigenvalue weighted by atomic mass is 79.9. The Hall–Kier alpha value is -1.07. The summed E-state index contributed by atoms with van der Waals surface area (Å²) in [5.74, 6) is 0.929. The van der Waals surface area contributed by atoms with Gasteiger partial charge in [0.05, 0.1) is 12.2 Å². The van der Waals surface area contributed by atoms with Gasteiger partial charge in [-0.05, 0) is 47.1 Å². The maximum absolute atomic E-state index is 5.54. The van der Waals surface area contributed by atoms with Crippen molar-refractivity contribution >= 4 is 15.9 Å². The number of aromatic nitrogens is 2. The molecular formula is C11H14BrN3O. The maximum atomic E-state index is 5.54. The summed E-state index contributed by atoms with van der Waals surface area (Å²) in [7, 11) is 3.85. The number of rotatable bonds is 4. The third-order valence-corrected chi connectivity index (χ3v) is 2.91. The Kier molecular flexibility index (Phi) is 3.46. The lowest BCUT2D eigenvalue weighted by Gasteiger charge is -2.11. The van der Waals surface area contributed by atoms with Gasteiger partial charge in [0.2, 0.25) is 0 Å². The summed E-state index contributed by atoms with van der Waals surface area (Å²) in [4.78, 5) is 0. The van der Waals surface area contributed by atoms with Crippen LogP contribution in [0.5, 0.6) is 0 Å². The molecular weight excluding hydrogens is 270 g/mol. The van der Waals surface area contributed by atoms with Crippen LogP contribution in [0.15, 0.2) is 33.6 Å². The van der Waals surface area contributed by atoms with Crippen LogP contribution in [0.1, 0.15) is 17.4 Å². The second-order valence-corrected chi connectivity index (χ2v) is 4.49. The predicted molar refractivity (Wildman–Crippen MR) is 65.1 cm³/mol. The van der Waals surface area contributed by atoms with Crippen molar-refractivity contribution in [3.05, 3.63) is 40.5 Å². The molecule has 0 fully saturated rings. The van der Waals surface area contributed by atoms with E-state index in [1.54, 1.807) is 4.68 Å². The molecule has 1 N–H and O–H groups in total. The number of halogens is 1. The van der Waals surface area contributed by atoms with Crippen molar-refractivity contribution in [2.45, 2.75) is 12.5 Å². The molecule has 0 aliphatic heterocycles. The lowest BCUT2D eigenvalue weighted by atomic mass is 10.1. The topological polar surface area (TPSA) is 43.0 Å². The van der Waals surface area contributed by atoms with Gasteiger partial charge in [-0.15, -0.1) is 0 Å². The molecule has 0 aliphatic carbocycles. The smallest absolute Gasteiger partial charge is 0.169 e. The van der Waals surface area contributed by atoms with E-state index in [0.29, 0.717) is 0 Å². The Balaban J connectivity index is 2.12. The maximum Gasteiger partial charge on any atom is 0.169 e. The number of hydrogen-bond acceptors (Lipinski definition) is 3. The molecule has 0 aliphatic rings. The zero-order valence-corrected chi connectivity index (χ0v) is 10.9. The van der Waals surface area contributed by atoms with Crippen LogP contribution in [-0.4, -0.2) is 16.8 Å². The summed E-state index contributed by atoms with van der Waals surface area (Å²) in [5, 5.41) is 7.39. The lowest BCUT2D eigenvalue weighted by Crippen LogP contribution is -2.17. The first kappa shape index (κ1) is 11.4. The number of likely N-dealkylation sites (N-methyl/N-ethyl adjacent to an activating group) is 1. The summed E-state index contributed by atoms with van der Waals surface area (Å²) in [5.41, 5.74) is 1.19. The third kappa shape index (κ3) is 2.54. The number of nitrogens with zero attached hydrogens (tertiary/aromatic N) is 2. The molecule has 1 atom stereocenters. The van der Waals surface area contributed by atoms with Gasteiger partial charge in [0.15, 0.2) is 4.67 Å².